The number of fused-ring (bicyclic) bond motifs is 1. The molecule has 2 aliphatic heterocycles. The third-order valence-electron chi connectivity index (χ3n) is 4.48. The fourth-order valence-electron chi connectivity index (χ4n) is 3.52. The van der Waals surface area contributed by atoms with Crippen LogP contribution in [-0.4, -0.2) is 48.7 Å². The summed E-state index contributed by atoms with van der Waals surface area (Å²) in [6, 6.07) is 8.29. The van der Waals surface area contributed by atoms with Gasteiger partial charge in [0.1, 0.15) is 6.04 Å². The van der Waals surface area contributed by atoms with E-state index in [2.05, 4.69) is 23.1 Å². The standard InChI is InChI=1S/C17H24N2O2/c1-12-10-18(11-13(2)21-12)17(20)14(3)19-9-8-15-6-4-5-7-16(15)19/h4-7,12-14H,8-11H2,1-3H3. The molecule has 1 aromatic rings. The van der Waals surface area contributed by atoms with Crippen LogP contribution in [0.25, 0.3) is 0 Å². The molecule has 0 bridgehead atoms. The molecule has 0 aliphatic carbocycles. The van der Waals surface area contributed by atoms with Crippen LogP contribution in [0.2, 0.25) is 0 Å². The van der Waals surface area contributed by atoms with Crippen molar-refractivity contribution < 1.29 is 9.53 Å². The second kappa shape index (κ2) is 5.68. The van der Waals surface area contributed by atoms with Gasteiger partial charge in [-0.1, -0.05) is 18.2 Å². The van der Waals surface area contributed by atoms with Crippen molar-refractivity contribution in [2.45, 2.75) is 45.4 Å². The Morgan fingerprint density at radius 2 is 1.90 bits per heavy atom. The highest BCUT2D eigenvalue weighted by molar-refractivity contribution is 5.86. The largest absolute Gasteiger partial charge is 0.372 e. The maximum Gasteiger partial charge on any atom is 0.245 e. The van der Waals surface area contributed by atoms with Crippen molar-refractivity contribution >= 4 is 11.6 Å². The Bertz CT molecular complexity index is 521. The number of hydrogen-bond acceptors (Lipinski definition) is 3. The number of para-hydroxylation sites is 1. The molecule has 2 aliphatic rings. The summed E-state index contributed by atoms with van der Waals surface area (Å²) >= 11 is 0. The molecule has 3 atom stereocenters. The summed E-state index contributed by atoms with van der Waals surface area (Å²) in [6.45, 7) is 8.42. The normalized spacial score (nSPS) is 26.6. The summed E-state index contributed by atoms with van der Waals surface area (Å²) in [5.74, 6) is 0.216. The van der Waals surface area contributed by atoms with E-state index in [1.165, 1.54) is 11.3 Å². The predicted octanol–water partition coefficient (Wildman–Crippen LogP) is 2.07. The maximum absolute atomic E-state index is 12.8. The topological polar surface area (TPSA) is 32.8 Å². The summed E-state index contributed by atoms with van der Waals surface area (Å²) in [6.07, 6.45) is 1.27. The number of carbonyl (C=O) groups is 1. The number of benzene rings is 1. The summed E-state index contributed by atoms with van der Waals surface area (Å²) in [4.78, 5) is 17.0. The Morgan fingerprint density at radius 3 is 2.62 bits per heavy atom. The highest BCUT2D eigenvalue weighted by atomic mass is 16.5. The molecule has 21 heavy (non-hydrogen) atoms. The Balaban J connectivity index is 1.74. The number of amides is 1. The van der Waals surface area contributed by atoms with Gasteiger partial charge >= 0.3 is 0 Å². The molecule has 3 rings (SSSR count). The number of carbonyl (C=O) groups excluding carboxylic acids is 1. The van der Waals surface area contributed by atoms with E-state index in [0.717, 1.165) is 13.0 Å². The fraction of sp³-hybridized carbons (Fsp3) is 0.588. The Morgan fingerprint density at radius 1 is 1.24 bits per heavy atom. The first-order valence-corrected chi connectivity index (χ1v) is 7.85. The zero-order valence-corrected chi connectivity index (χ0v) is 13.1. The van der Waals surface area contributed by atoms with Gasteiger partial charge in [0.25, 0.3) is 0 Å². The van der Waals surface area contributed by atoms with E-state index in [4.69, 9.17) is 4.74 Å². The van der Waals surface area contributed by atoms with Crippen LogP contribution in [0.5, 0.6) is 0 Å². The van der Waals surface area contributed by atoms with E-state index in [9.17, 15) is 4.79 Å². The molecule has 1 fully saturated rings. The zero-order chi connectivity index (χ0) is 15.0. The first-order valence-electron chi connectivity index (χ1n) is 7.85. The van der Waals surface area contributed by atoms with Crippen LogP contribution in [0, 0.1) is 0 Å². The minimum absolute atomic E-state index is 0.105. The average molecular weight is 288 g/mol. The molecule has 3 unspecified atom stereocenters. The molecule has 0 saturated carbocycles. The molecule has 4 heteroatoms. The molecule has 4 nitrogen and oxygen atoms in total. The van der Waals surface area contributed by atoms with E-state index in [-0.39, 0.29) is 24.2 Å². The Labute approximate surface area is 126 Å². The molecule has 1 aromatic carbocycles. The SMILES string of the molecule is CC1CN(C(=O)C(C)N2CCc3ccccc32)CC(C)O1. The molecule has 0 aromatic heterocycles. The molecule has 0 spiro atoms. The number of rotatable bonds is 2. The minimum atomic E-state index is -0.105. The van der Waals surface area contributed by atoms with Crippen LogP contribution < -0.4 is 4.90 Å². The number of morpholine rings is 1. The predicted molar refractivity (Wildman–Crippen MR) is 83.5 cm³/mol. The van der Waals surface area contributed by atoms with Crippen molar-refractivity contribution in [2.24, 2.45) is 0 Å². The van der Waals surface area contributed by atoms with Crippen LogP contribution in [-0.2, 0) is 16.0 Å². The molecule has 114 valence electrons. The first kappa shape index (κ1) is 14.4. The summed E-state index contributed by atoms with van der Waals surface area (Å²) in [5.41, 5.74) is 2.56. The van der Waals surface area contributed by atoms with E-state index >= 15 is 0 Å². The van der Waals surface area contributed by atoms with Gasteiger partial charge in [-0.3, -0.25) is 4.79 Å². The number of ether oxygens (including phenoxy) is 1. The van der Waals surface area contributed by atoms with Gasteiger partial charge in [0, 0.05) is 25.3 Å². The third-order valence-corrected chi connectivity index (χ3v) is 4.48. The van der Waals surface area contributed by atoms with Crippen molar-refractivity contribution in [3.05, 3.63) is 29.8 Å². The monoisotopic (exact) mass is 288 g/mol. The molecule has 0 N–H and O–H groups in total. The van der Waals surface area contributed by atoms with Gasteiger partial charge in [-0.15, -0.1) is 0 Å². The van der Waals surface area contributed by atoms with Crippen LogP contribution in [0.15, 0.2) is 24.3 Å². The molecular formula is C17H24N2O2. The smallest absolute Gasteiger partial charge is 0.245 e. The Kier molecular flexibility index (Phi) is 3.89. The second-order valence-electron chi connectivity index (χ2n) is 6.25. The molecule has 1 amide bonds. The van der Waals surface area contributed by atoms with Crippen molar-refractivity contribution in [3.8, 4) is 0 Å². The number of anilines is 1. The van der Waals surface area contributed by atoms with Crippen molar-refractivity contribution in [2.75, 3.05) is 24.5 Å². The number of hydrogen-bond donors (Lipinski definition) is 0. The van der Waals surface area contributed by atoms with Crippen LogP contribution in [0.4, 0.5) is 5.69 Å². The van der Waals surface area contributed by atoms with Crippen molar-refractivity contribution in [1.29, 1.82) is 0 Å². The van der Waals surface area contributed by atoms with Crippen molar-refractivity contribution in [1.82, 2.24) is 4.90 Å². The summed E-state index contributed by atoms with van der Waals surface area (Å²) in [7, 11) is 0. The average Bonchev–Trinajstić information content (AvgIpc) is 2.88. The lowest BCUT2D eigenvalue weighted by atomic mass is 10.1. The third kappa shape index (κ3) is 2.77. The Hall–Kier alpha value is -1.55. The lowest BCUT2D eigenvalue weighted by Crippen LogP contribution is -2.54. The quantitative estimate of drug-likeness (QED) is 0.835. The molecule has 1 saturated heterocycles. The second-order valence-corrected chi connectivity index (χ2v) is 6.25. The van der Waals surface area contributed by atoms with Gasteiger partial charge in [0.15, 0.2) is 0 Å². The van der Waals surface area contributed by atoms with Gasteiger partial charge in [0.05, 0.1) is 12.2 Å². The highest BCUT2D eigenvalue weighted by Crippen LogP contribution is 2.29. The van der Waals surface area contributed by atoms with Crippen LogP contribution >= 0.6 is 0 Å². The van der Waals surface area contributed by atoms with E-state index in [1.54, 1.807) is 0 Å². The van der Waals surface area contributed by atoms with E-state index < -0.39 is 0 Å². The molecule has 0 radical (unpaired) electrons. The van der Waals surface area contributed by atoms with Crippen LogP contribution in [0.1, 0.15) is 26.3 Å². The summed E-state index contributed by atoms with van der Waals surface area (Å²) < 4.78 is 5.72. The van der Waals surface area contributed by atoms with Gasteiger partial charge in [-0.25, -0.2) is 0 Å². The van der Waals surface area contributed by atoms with Gasteiger partial charge in [-0.05, 0) is 38.8 Å². The van der Waals surface area contributed by atoms with Crippen molar-refractivity contribution in [3.63, 3.8) is 0 Å². The zero-order valence-electron chi connectivity index (χ0n) is 13.1. The first-order chi connectivity index (χ1) is 10.1. The van der Waals surface area contributed by atoms with Gasteiger partial charge in [-0.2, -0.15) is 0 Å². The number of nitrogens with zero attached hydrogens (tertiary/aromatic N) is 2. The summed E-state index contributed by atoms with van der Waals surface area (Å²) in [5, 5.41) is 0. The van der Waals surface area contributed by atoms with Crippen LogP contribution in [0.3, 0.4) is 0 Å². The fourth-order valence-corrected chi connectivity index (χ4v) is 3.52. The van der Waals surface area contributed by atoms with Gasteiger partial charge in [0.2, 0.25) is 5.91 Å². The van der Waals surface area contributed by atoms with Gasteiger partial charge < -0.3 is 14.5 Å². The molecular weight excluding hydrogens is 264 g/mol. The minimum Gasteiger partial charge on any atom is -0.372 e. The maximum atomic E-state index is 12.8. The lowest BCUT2D eigenvalue weighted by Gasteiger charge is -2.38. The van der Waals surface area contributed by atoms with E-state index in [1.807, 2.05) is 31.7 Å². The molecule has 2 heterocycles. The lowest BCUT2D eigenvalue weighted by molar-refractivity contribution is -0.144. The van der Waals surface area contributed by atoms with E-state index in [0.29, 0.717) is 13.1 Å². The highest BCUT2D eigenvalue weighted by Gasteiger charge is 2.33.